The van der Waals surface area contributed by atoms with Gasteiger partial charge in [-0.25, -0.2) is 0 Å². The van der Waals surface area contributed by atoms with Crippen LogP contribution in [0.4, 0.5) is 0 Å². The zero-order valence-corrected chi connectivity index (χ0v) is 15.7. The van der Waals surface area contributed by atoms with Gasteiger partial charge < -0.3 is 10.2 Å². The van der Waals surface area contributed by atoms with E-state index in [-0.39, 0.29) is 12.8 Å². The molecule has 4 nitrogen and oxygen atoms in total. The van der Waals surface area contributed by atoms with Crippen LogP contribution in [-0.4, -0.2) is 22.2 Å². The second-order valence-corrected chi connectivity index (χ2v) is 7.01. The van der Waals surface area contributed by atoms with Gasteiger partial charge in [-0.3, -0.25) is 9.59 Å². The van der Waals surface area contributed by atoms with E-state index >= 15 is 0 Å². The summed E-state index contributed by atoms with van der Waals surface area (Å²) < 4.78 is 0. The van der Waals surface area contributed by atoms with Crippen molar-refractivity contribution in [2.45, 2.75) is 57.8 Å². The maximum atomic E-state index is 10.5. The van der Waals surface area contributed by atoms with Gasteiger partial charge >= 0.3 is 11.9 Å². The van der Waals surface area contributed by atoms with Crippen LogP contribution in [0, 0.1) is 0 Å². The molecular weight excluding hydrogens is 340 g/mol. The molecule has 0 aliphatic carbocycles. The summed E-state index contributed by atoms with van der Waals surface area (Å²) in [6.45, 7) is 0. The van der Waals surface area contributed by atoms with Gasteiger partial charge in [0.2, 0.25) is 0 Å². The Morgan fingerprint density at radius 3 is 1.22 bits per heavy atom. The molecule has 0 fully saturated rings. The zero-order chi connectivity index (χ0) is 19.5. The molecule has 0 saturated carbocycles. The molecular formula is C23H28O4. The van der Waals surface area contributed by atoms with Crippen LogP contribution >= 0.6 is 0 Å². The Morgan fingerprint density at radius 1 is 0.556 bits per heavy atom. The number of aryl methyl sites for hydroxylation is 2. The van der Waals surface area contributed by atoms with Crippen LogP contribution in [0.2, 0.25) is 0 Å². The number of carboxylic acid groups (broad SMARTS) is 2. The van der Waals surface area contributed by atoms with Crippen LogP contribution in [0.15, 0.2) is 48.5 Å². The molecule has 0 saturated heterocycles. The van der Waals surface area contributed by atoms with Gasteiger partial charge in [-0.1, -0.05) is 48.5 Å². The summed E-state index contributed by atoms with van der Waals surface area (Å²) in [6, 6.07) is 17.1. The first-order valence-corrected chi connectivity index (χ1v) is 9.62. The number of hydrogen-bond acceptors (Lipinski definition) is 2. The molecule has 4 heteroatoms. The van der Waals surface area contributed by atoms with E-state index in [2.05, 4.69) is 48.5 Å². The Morgan fingerprint density at radius 2 is 0.889 bits per heavy atom. The quantitative estimate of drug-likeness (QED) is 0.524. The molecule has 0 atom stereocenters. The smallest absolute Gasteiger partial charge is 0.303 e. The molecule has 0 unspecified atom stereocenters. The second kappa shape index (κ2) is 11.2. The average Bonchev–Trinajstić information content (AvgIpc) is 2.65. The highest BCUT2D eigenvalue weighted by Gasteiger charge is 2.01. The minimum atomic E-state index is -0.725. The Labute approximate surface area is 160 Å². The Balaban J connectivity index is 1.76. The molecule has 27 heavy (non-hydrogen) atoms. The largest absolute Gasteiger partial charge is 0.481 e. The van der Waals surface area contributed by atoms with Gasteiger partial charge in [0.15, 0.2) is 0 Å². The lowest BCUT2D eigenvalue weighted by atomic mass is 9.99. The van der Waals surface area contributed by atoms with Crippen molar-refractivity contribution in [2.75, 3.05) is 0 Å². The fourth-order valence-electron chi connectivity index (χ4n) is 3.09. The first-order chi connectivity index (χ1) is 13.0. The lowest BCUT2D eigenvalue weighted by molar-refractivity contribution is -0.138. The molecule has 0 aliphatic heterocycles. The number of unbranched alkanes of at least 4 members (excludes halogenated alkanes) is 2. The second-order valence-electron chi connectivity index (χ2n) is 7.01. The van der Waals surface area contributed by atoms with Crippen LogP contribution in [-0.2, 0) is 28.9 Å². The van der Waals surface area contributed by atoms with Gasteiger partial charge in [-0.2, -0.15) is 0 Å². The van der Waals surface area contributed by atoms with Crippen molar-refractivity contribution in [3.63, 3.8) is 0 Å². The van der Waals surface area contributed by atoms with E-state index in [1.165, 1.54) is 22.3 Å². The molecule has 0 radical (unpaired) electrons. The molecule has 0 spiro atoms. The summed E-state index contributed by atoms with van der Waals surface area (Å²) in [4.78, 5) is 21.0. The summed E-state index contributed by atoms with van der Waals surface area (Å²) in [5.41, 5.74) is 5.03. The van der Waals surface area contributed by atoms with E-state index in [0.717, 1.165) is 44.9 Å². The van der Waals surface area contributed by atoms with Crippen molar-refractivity contribution in [3.8, 4) is 0 Å². The van der Waals surface area contributed by atoms with Crippen LogP contribution in [0.1, 0.15) is 60.8 Å². The third-order valence-corrected chi connectivity index (χ3v) is 4.67. The van der Waals surface area contributed by atoms with Gasteiger partial charge in [0.05, 0.1) is 0 Å². The molecule has 0 heterocycles. The van der Waals surface area contributed by atoms with Crippen molar-refractivity contribution < 1.29 is 19.8 Å². The van der Waals surface area contributed by atoms with E-state index in [1.807, 2.05) is 0 Å². The first kappa shape index (κ1) is 20.7. The summed E-state index contributed by atoms with van der Waals surface area (Å²) in [5, 5.41) is 17.3. The van der Waals surface area contributed by atoms with Crippen molar-refractivity contribution in [3.05, 3.63) is 70.8 Å². The van der Waals surface area contributed by atoms with Crippen molar-refractivity contribution in [2.24, 2.45) is 0 Å². The van der Waals surface area contributed by atoms with E-state index in [1.54, 1.807) is 0 Å². The number of hydrogen-bond donors (Lipinski definition) is 2. The van der Waals surface area contributed by atoms with Crippen molar-refractivity contribution in [1.29, 1.82) is 0 Å². The summed E-state index contributed by atoms with van der Waals surface area (Å²) in [7, 11) is 0. The molecule has 0 aliphatic rings. The monoisotopic (exact) mass is 368 g/mol. The van der Waals surface area contributed by atoms with E-state index < -0.39 is 11.9 Å². The van der Waals surface area contributed by atoms with Gasteiger partial charge in [0.25, 0.3) is 0 Å². The SMILES string of the molecule is O=C(O)CCCCc1ccc(Cc2ccc(CCCCC(=O)O)cc2)cc1. The van der Waals surface area contributed by atoms with E-state index in [0.29, 0.717) is 0 Å². The number of aliphatic carboxylic acids is 2. The molecule has 2 N–H and O–H groups in total. The lowest BCUT2D eigenvalue weighted by Gasteiger charge is -2.06. The minimum absolute atomic E-state index is 0.244. The van der Waals surface area contributed by atoms with Gasteiger partial charge in [-0.05, 0) is 67.2 Å². The van der Waals surface area contributed by atoms with Crippen molar-refractivity contribution in [1.82, 2.24) is 0 Å². The number of rotatable bonds is 12. The Bertz CT molecular complexity index is 654. The fraction of sp³-hybridized carbons (Fsp3) is 0.391. The molecule has 0 bridgehead atoms. The normalized spacial score (nSPS) is 10.7. The summed E-state index contributed by atoms with van der Waals surface area (Å²) in [6.07, 6.45) is 6.47. The van der Waals surface area contributed by atoms with Gasteiger partial charge in [0, 0.05) is 12.8 Å². The molecule has 2 aromatic rings. The summed E-state index contributed by atoms with van der Waals surface area (Å²) in [5.74, 6) is -1.45. The minimum Gasteiger partial charge on any atom is -0.481 e. The Hall–Kier alpha value is -2.62. The number of benzene rings is 2. The Kier molecular flexibility index (Phi) is 8.56. The predicted octanol–water partition coefficient (Wildman–Crippen LogP) is 4.87. The highest BCUT2D eigenvalue weighted by molar-refractivity contribution is 5.66. The van der Waals surface area contributed by atoms with E-state index in [9.17, 15) is 9.59 Å². The first-order valence-electron chi connectivity index (χ1n) is 9.62. The van der Waals surface area contributed by atoms with Crippen LogP contribution < -0.4 is 0 Å². The number of carboxylic acids is 2. The molecule has 2 aromatic carbocycles. The standard InChI is InChI=1S/C23H28O4/c24-22(25)7-3-1-5-18-9-13-20(14-10-18)17-21-15-11-19(12-16-21)6-2-4-8-23(26)27/h9-16H,1-8,17H2,(H,24,25)(H,26,27). The predicted molar refractivity (Wildman–Crippen MR) is 106 cm³/mol. The average molecular weight is 368 g/mol. The van der Waals surface area contributed by atoms with Crippen LogP contribution in [0.3, 0.4) is 0 Å². The zero-order valence-electron chi connectivity index (χ0n) is 15.7. The van der Waals surface area contributed by atoms with Crippen LogP contribution in [0.5, 0.6) is 0 Å². The van der Waals surface area contributed by atoms with Crippen LogP contribution in [0.25, 0.3) is 0 Å². The topological polar surface area (TPSA) is 74.6 Å². The molecule has 0 aromatic heterocycles. The van der Waals surface area contributed by atoms with Gasteiger partial charge in [-0.15, -0.1) is 0 Å². The highest BCUT2D eigenvalue weighted by atomic mass is 16.4. The maximum absolute atomic E-state index is 10.5. The number of carbonyl (C=O) groups is 2. The van der Waals surface area contributed by atoms with Crippen molar-refractivity contribution >= 4 is 11.9 Å². The molecule has 144 valence electrons. The summed E-state index contributed by atoms with van der Waals surface area (Å²) >= 11 is 0. The third kappa shape index (κ3) is 8.54. The fourth-order valence-corrected chi connectivity index (χ4v) is 3.09. The maximum Gasteiger partial charge on any atom is 0.303 e. The third-order valence-electron chi connectivity index (χ3n) is 4.67. The lowest BCUT2D eigenvalue weighted by Crippen LogP contribution is -1.96. The van der Waals surface area contributed by atoms with E-state index in [4.69, 9.17) is 10.2 Å². The molecule has 2 rings (SSSR count). The molecule has 0 amide bonds. The van der Waals surface area contributed by atoms with Gasteiger partial charge in [0.1, 0.15) is 0 Å². The highest BCUT2D eigenvalue weighted by Crippen LogP contribution is 2.15.